The number of likely N-dealkylation sites (tertiary alicyclic amines) is 1. The summed E-state index contributed by atoms with van der Waals surface area (Å²) in [7, 11) is -3.51. The van der Waals surface area contributed by atoms with Crippen molar-refractivity contribution in [3.8, 4) is 5.75 Å². The van der Waals surface area contributed by atoms with Crippen molar-refractivity contribution in [3.05, 3.63) is 24.0 Å². The van der Waals surface area contributed by atoms with Crippen molar-refractivity contribution in [2.45, 2.75) is 88.1 Å². The van der Waals surface area contributed by atoms with Gasteiger partial charge in [-0.15, -0.1) is 0 Å². The molecular weight excluding hydrogens is 437 g/mol. The Labute approximate surface area is 190 Å². The van der Waals surface area contributed by atoms with Crippen LogP contribution >= 0.6 is 0 Å². The number of sulfone groups is 1. The molecule has 1 saturated heterocycles. The van der Waals surface area contributed by atoms with Crippen molar-refractivity contribution in [2.24, 2.45) is 0 Å². The standard InChI is InChI=1S/C23H34FNO6S/c1-23(2,3)31-22(26)25-13-11-19(12-14-25)29-17-6-8-18(9-7-17)30-20-15-16(24)5-10-21(20)32(4,27)28/h5,10,15,17-19H,6-9,11-14H2,1-4H3/t17-,18-. The summed E-state index contributed by atoms with van der Waals surface area (Å²) in [5.74, 6) is -0.450. The molecular formula is C23H34FNO6S. The number of benzene rings is 1. The van der Waals surface area contributed by atoms with Crippen LogP contribution in [0.1, 0.15) is 59.3 Å². The molecule has 1 aliphatic carbocycles. The fourth-order valence-electron chi connectivity index (χ4n) is 4.12. The van der Waals surface area contributed by atoms with Crippen molar-refractivity contribution >= 4 is 15.9 Å². The molecule has 3 rings (SSSR count). The Morgan fingerprint density at radius 2 is 1.56 bits per heavy atom. The molecule has 1 aromatic carbocycles. The van der Waals surface area contributed by atoms with Gasteiger partial charge in [0.15, 0.2) is 9.84 Å². The van der Waals surface area contributed by atoms with E-state index in [0.717, 1.165) is 44.1 Å². The zero-order valence-electron chi connectivity index (χ0n) is 19.3. The minimum atomic E-state index is -3.51. The van der Waals surface area contributed by atoms with E-state index in [0.29, 0.717) is 25.9 Å². The highest BCUT2D eigenvalue weighted by atomic mass is 32.2. The van der Waals surface area contributed by atoms with E-state index in [-0.39, 0.29) is 35.1 Å². The van der Waals surface area contributed by atoms with Crippen molar-refractivity contribution < 1.29 is 31.8 Å². The maximum Gasteiger partial charge on any atom is 0.410 e. The number of carbonyl (C=O) groups excluding carboxylic acids is 1. The third-order valence-corrected chi connectivity index (χ3v) is 6.83. The van der Waals surface area contributed by atoms with E-state index in [2.05, 4.69) is 0 Å². The predicted molar refractivity (Wildman–Crippen MR) is 118 cm³/mol. The lowest BCUT2D eigenvalue weighted by molar-refractivity contribution is -0.0677. The fourth-order valence-corrected chi connectivity index (χ4v) is 4.91. The van der Waals surface area contributed by atoms with Crippen LogP contribution in [-0.4, -0.2) is 62.7 Å². The van der Waals surface area contributed by atoms with E-state index in [4.69, 9.17) is 14.2 Å². The number of ether oxygens (including phenoxy) is 3. The van der Waals surface area contributed by atoms with E-state index in [1.807, 2.05) is 20.8 Å². The van der Waals surface area contributed by atoms with E-state index < -0.39 is 21.3 Å². The first kappa shape index (κ1) is 24.8. The average Bonchev–Trinajstić information content (AvgIpc) is 2.68. The van der Waals surface area contributed by atoms with Crippen molar-refractivity contribution in [1.82, 2.24) is 4.90 Å². The second-order valence-electron chi connectivity index (χ2n) is 9.68. The molecule has 2 aliphatic rings. The first-order valence-corrected chi connectivity index (χ1v) is 13.1. The summed E-state index contributed by atoms with van der Waals surface area (Å²) in [4.78, 5) is 13.9. The second-order valence-corrected chi connectivity index (χ2v) is 11.7. The number of rotatable bonds is 5. The van der Waals surface area contributed by atoms with Crippen LogP contribution in [0.5, 0.6) is 5.75 Å². The lowest BCUT2D eigenvalue weighted by atomic mass is 9.94. The molecule has 1 aromatic rings. The molecule has 1 aliphatic heterocycles. The lowest BCUT2D eigenvalue weighted by Gasteiger charge is -2.36. The van der Waals surface area contributed by atoms with Crippen molar-refractivity contribution in [3.63, 3.8) is 0 Å². The third-order valence-electron chi connectivity index (χ3n) is 5.70. The Hall–Kier alpha value is -1.87. The molecule has 0 radical (unpaired) electrons. The van der Waals surface area contributed by atoms with Gasteiger partial charge < -0.3 is 19.1 Å². The summed E-state index contributed by atoms with van der Waals surface area (Å²) >= 11 is 0. The van der Waals surface area contributed by atoms with Crippen LogP contribution in [0.4, 0.5) is 9.18 Å². The number of piperidine rings is 1. The number of halogens is 1. The van der Waals surface area contributed by atoms with Crippen LogP contribution in [0.15, 0.2) is 23.1 Å². The van der Waals surface area contributed by atoms with Gasteiger partial charge in [0.05, 0.1) is 18.3 Å². The molecule has 0 spiro atoms. The summed E-state index contributed by atoms with van der Waals surface area (Å²) in [6.45, 7) is 6.81. The molecule has 7 nitrogen and oxygen atoms in total. The zero-order valence-corrected chi connectivity index (χ0v) is 20.1. The smallest absolute Gasteiger partial charge is 0.410 e. The van der Waals surface area contributed by atoms with Crippen LogP contribution in [0.3, 0.4) is 0 Å². The fraction of sp³-hybridized carbons (Fsp3) is 0.696. The van der Waals surface area contributed by atoms with Gasteiger partial charge in [-0.3, -0.25) is 0 Å². The predicted octanol–water partition coefficient (Wildman–Crippen LogP) is 4.34. The normalized spacial score (nSPS) is 23.1. The second kappa shape index (κ2) is 9.95. The van der Waals surface area contributed by atoms with E-state index in [1.165, 1.54) is 6.07 Å². The topological polar surface area (TPSA) is 82.1 Å². The van der Waals surface area contributed by atoms with Gasteiger partial charge in [-0.2, -0.15) is 0 Å². The first-order chi connectivity index (χ1) is 14.9. The Bertz CT molecular complexity index is 898. The highest BCUT2D eigenvalue weighted by Crippen LogP contribution is 2.31. The Morgan fingerprint density at radius 3 is 2.12 bits per heavy atom. The maximum atomic E-state index is 13.6. The number of carbonyl (C=O) groups is 1. The molecule has 0 aromatic heterocycles. The third kappa shape index (κ3) is 7.07. The van der Waals surface area contributed by atoms with Crippen LogP contribution in [0.2, 0.25) is 0 Å². The molecule has 0 atom stereocenters. The SMILES string of the molecule is CC(C)(C)OC(=O)N1CCC(O[C@H]2CC[C@H](Oc3cc(F)ccc3S(C)(=O)=O)CC2)CC1. The molecule has 1 heterocycles. The molecule has 180 valence electrons. The van der Waals surface area contributed by atoms with Crippen LogP contribution in [0, 0.1) is 5.82 Å². The minimum absolute atomic E-state index is 0.00835. The maximum absolute atomic E-state index is 13.6. The highest BCUT2D eigenvalue weighted by molar-refractivity contribution is 7.90. The molecule has 0 N–H and O–H groups in total. The largest absolute Gasteiger partial charge is 0.489 e. The van der Waals surface area contributed by atoms with Gasteiger partial charge in [0.25, 0.3) is 0 Å². The van der Waals surface area contributed by atoms with Crippen LogP contribution < -0.4 is 4.74 Å². The highest BCUT2D eigenvalue weighted by Gasteiger charge is 2.31. The summed E-state index contributed by atoms with van der Waals surface area (Å²) in [6, 6.07) is 3.51. The first-order valence-electron chi connectivity index (χ1n) is 11.2. The lowest BCUT2D eigenvalue weighted by Crippen LogP contribution is -2.44. The molecule has 2 fully saturated rings. The molecule has 0 bridgehead atoms. The Morgan fingerprint density at radius 1 is 1.00 bits per heavy atom. The zero-order chi connectivity index (χ0) is 23.5. The van der Waals surface area contributed by atoms with E-state index in [1.54, 1.807) is 4.90 Å². The average molecular weight is 472 g/mol. The van der Waals surface area contributed by atoms with E-state index >= 15 is 0 Å². The number of amides is 1. The molecule has 1 amide bonds. The molecule has 9 heteroatoms. The van der Waals surface area contributed by atoms with Crippen molar-refractivity contribution in [2.75, 3.05) is 19.3 Å². The molecule has 32 heavy (non-hydrogen) atoms. The van der Waals surface area contributed by atoms with Crippen molar-refractivity contribution in [1.29, 1.82) is 0 Å². The van der Waals surface area contributed by atoms with Crippen LogP contribution in [-0.2, 0) is 19.3 Å². The molecule has 0 unspecified atom stereocenters. The van der Waals surface area contributed by atoms with Gasteiger partial charge in [0.2, 0.25) is 0 Å². The minimum Gasteiger partial charge on any atom is -0.489 e. The Balaban J connectivity index is 1.45. The van der Waals surface area contributed by atoms with Gasteiger partial charge in [0, 0.05) is 25.4 Å². The summed E-state index contributed by atoms with van der Waals surface area (Å²) in [5.41, 5.74) is -0.501. The summed E-state index contributed by atoms with van der Waals surface area (Å²) < 4.78 is 55.1. The van der Waals surface area contributed by atoms with Crippen LogP contribution in [0.25, 0.3) is 0 Å². The van der Waals surface area contributed by atoms with E-state index in [9.17, 15) is 17.6 Å². The monoisotopic (exact) mass is 471 g/mol. The Kier molecular flexibility index (Phi) is 7.70. The summed E-state index contributed by atoms with van der Waals surface area (Å²) in [5, 5.41) is 0. The summed E-state index contributed by atoms with van der Waals surface area (Å²) in [6.07, 6.45) is 5.40. The van der Waals surface area contributed by atoms with Gasteiger partial charge in [-0.25, -0.2) is 17.6 Å². The number of hydrogen-bond acceptors (Lipinski definition) is 6. The van der Waals surface area contributed by atoms with Gasteiger partial charge in [0.1, 0.15) is 22.1 Å². The van der Waals surface area contributed by atoms with Gasteiger partial charge >= 0.3 is 6.09 Å². The quantitative estimate of drug-likeness (QED) is 0.595. The van der Waals surface area contributed by atoms with Gasteiger partial charge in [-0.05, 0) is 71.4 Å². The number of nitrogens with zero attached hydrogens (tertiary/aromatic N) is 1. The number of hydrogen-bond donors (Lipinski definition) is 0. The van der Waals surface area contributed by atoms with Gasteiger partial charge in [-0.1, -0.05) is 0 Å². The molecule has 1 saturated carbocycles.